The van der Waals surface area contributed by atoms with Crippen molar-refractivity contribution in [3.8, 4) is 0 Å². The Morgan fingerprint density at radius 2 is 2.15 bits per heavy atom. The van der Waals surface area contributed by atoms with E-state index in [4.69, 9.17) is 5.73 Å². The molecule has 0 aliphatic carbocycles. The van der Waals surface area contributed by atoms with Crippen molar-refractivity contribution in [2.75, 3.05) is 19.3 Å². The predicted molar refractivity (Wildman–Crippen MR) is 79.7 cm³/mol. The van der Waals surface area contributed by atoms with Crippen LogP contribution < -0.4 is 10.5 Å². The minimum atomic E-state index is -3.22. The van der Waals surface area contributed by atoms with Crippen LogP contribution in [0.25, 0.3) is 0 Å². The van der Waals surface area contributed by atoms with Crippen molar-refractivity contribution in [1.82, 2.24) is 9.62 Å². The number of nitrogens with two attached hydrogens (primary N) is 1. The number of sulfonamides is 1. The second-order valence-electron chi connectivity index (χ2n) is 5.61. The highest BCUT2D eigenvalue weighted by Crippen LogP contribution is 2.18. The first-order valence-electron chi connectivity index (χ1n) is 7.33. The van der Waals surface area contributed by atoms with Gasteiger partial charge in [-0.05, 0) is 25.7 Å². The maximum absolute atomic E-state index is 12.3. The van der Waals surface area contributed by atoms with Crippen LogP contribution in [0.3, 0.4) is 0 Å². The van der Waals surface area contributed by atoms with Crippen molar-refractivity contribution in [3.05, 3.63) is 0 Å². The van der Waals surface area contributed by atoms with Crippen LogP contribution in [0, 0.1) is 0 Å². The third-order valence-corrected chi connectivity index (χ3v) is 4.32. The quantitative estimate of drug-likeness (QED) is 0.713. The molecule has 1 saturated heterocycles. The van der Waals surface area contributed by atoms with Crippen molar-refractivity contribution in [1.29, 1.82) is 0 Å². The van der Waals surface area contributed by atoms with Gasteiger partial charge in [0, 0.05) is 31.6 Å². The van der Waals surface area contributed by atoms with Crippen LogP contribution in [-0.2, 0) is 14.8 Å². The topological polar surface area (TPSA) is 92.5 Å². The van der Waals surface area contributed by atoms with Gasteiger partial charge in [-0.15, -0.1) is 0 Å². The van der Waals surface area contributed by atoms with Crippen molar-refractivity contribution in [2.45, 2.75) is 57.5 Å². The van der Waals surface area contributed by atoms with E-state index in [0.29, 0.717) is 19.5 Å². The number of nitrogens with zero attached hydrogens (tertiary/aromatic N) is 1. The van der Waals surface area contributed by atoms with E-state index in [1.54, 1.807) is 4.90 Å². The fourth-order valence-corrected chi connectivity index (χ4v) is 3.10. The number of rotatable bonds is 7. The fourth-order valence-electron chi connectivity index (χ4n) is 2.60. The summed E-state index contributed by atoms with van der Waals surface area (Å²) >= 11 is 0. The Hall–Kier alpha value is -0.660. The van der Waals surface area contributed by atoms with E-state index >= 15 is 0 Å². The summed E-state index contributed by atoms with van der Waals surface area (Å²) < 4.78 is 24.9. The predicted octanol–water partition coefficient (Wildman–Crippen LogP) is 0.434. The van der Waals surface area contributed by atoms with Crippen LogP contribution in [0.2, 0.25) is 0 Å². The molecule has 0 bridgehead atoms. The molecule has 0 aromatic rings. The molecule has 2 unspecified atom stereocenters. The van der Waals surface area contributed by atoms with Gasteiger partial charge in [-0.3, -0.25) is 4.79 Å². The monoisotopic (exact) mass is 305 g/mol. The molecule has 2 atom stereocenters. The average molecular weight is 305 g/mol. The van der Waals surface area contributed by atoms with Crippen LogP contribution in [-0.4, -0.2) is 50.7 Å². The van der Waals surface area contributed by atoms with E-state index in [1.807, 2.05) is 6.92 Å². The fraction of sp³-hybridized carbons (Fsp3) is 0.923. The van der Waals surface area contributed by atoms with E-state index in [-0.39, 0.29) is 18.0 Å². The number of piperidine rings is 1. The summed E-state index contributed by atoms with van der Waals surface area (Å²) in [6, 6.07) is -0.141. The molecule has 0 saturated carbocycles. The van der Waals surface area contributed by atoms with Gasteiger partial charge in [0.25, 0.3) is 0 Å². The number of hydrogen-bond donors (Lipinski definition) is 2. The third-order valence-electron chi connectivity index (χ3n) is 3.62. The van der Waals surface area contributed by atoms with Crippen molar-refractivity contribution >= 4 is 15.9 Å². The number of likely N-dealkylation sites (tertiary alicyclic amines) is 1. The van der Waals surface area contributed by atoms with Gasteiger partial charge in [0.15, 0.2) is 0 Å². The number of carbonyl (C=O) groups excluding carboxylic acids is 1. The first-order valence-corrected chi connectivity index (χ1v) is 9.22. The average Bonchev–Trinajstić information content (AvgIpc) is 2.36. The molecular formula is C13H27N3O3S. The molecule has 7 heteroatoms. The lowest BCUT2D eigenvalue weighted by atomic mass is 10.0. The summed E-state index contributed by atoms with van der Waals surface area (Å²) in [5.74, 6) is 0.0472. The molecule has 0 spiro atoms. The Bertz CT molecular complexity index is 411. The molecule has 1 heterocycles. The Morgan fingerprint density at radius 1 is 1.45 bits per heavy atom. The molecule has 0 aromatic heterocycles. The van der Waals surface area contributed by atoms with Crippen LogP contribution in [0.15, 0.2) is 0 Å². The molecule has 0 aromatic carbocycles. The summed E-state index contributed by atoms with van der Waals surface area (Å²) in [6.07, 6.45) is 6.14. The Morgan fingerprint density at radius 3 is 2.75 bits per heavy atom. The smallest absolute Gasteiger partial charge is 0.224 e. The largest absolute Gasteiger partial charge is 0.338 e. The van der Waals surface area contributed by atoms with E-state index in [1.165, 1.54) is 0 Å². The zero-order chi connectivity index (χ0) is 15.2. The number of carbonyl (C=O) groups is 1. The van der Waals surface area contributed by atoms with Gasteiger partial charge in [0.05, 0.1) is 6.26 Å². The Labute approximate surface area is 122 Å². The van der Waals surface area contributed by atoms with Gasteiger partial charge in [-0.25, -0.2) is 13.1 Å². The van der Waals surface area contributed by atoms with Gasteiger partial charge in [0.2, 0.25) is 15.9 Å². The molecule has 118 valence electrons. The molecule has 3 N–H and O–H groups in total. The van der Waals surface area contributed by atoms with Crippen LogP contribution in [0.1, 0.15) is 45.4 Å². The van der Waals surface area contributed by atoms with Gasteiger partial charge < -0.3 is 10.6 Å². The molecule has 6 nitrogen and oxygen atoms in total. The van der Waals surface area contributed by atoms with E-state index in [9.17, 15) is 13.2 Å². The molecule has 1 aliphatic heterocycles. The third kappa shape index (κ3) is 6.19. The van der Waals surface area contributed by atoms with E-state index < -0.39 is 10.0 Å². The lowest BCUT2D eigenvalue weighted by Crippen LogP contribution is -2.50. The zero-order valence-electron chi connectivity index (χ0n) is 12.5. The number of amides is 1. The zero-order valence-corrected chi connectivity index (χ0v) is 13.3. The molecule has 1 aliphatic rings. The summed E-state index contributed by atoms with van der Waals surface area (Å²) in [4.78, 5) is 14.1. The first kappa shape index (κ1) is 17.4. The summed E-state index contributed by atoms with van der Waals surface area (Å²) in [6.45, 7) is 3.05. The minimum absolute atomic E-state index is 0.0419. The highest BCUT2D eigenvalue weighted by molar-refractivity contribution is 7.88. The van der Waals surface area contributed by atoms with Crippen LogP contribution >= 0.6 is 0 Å². The lowest BCUT2D eigenvalue weighted by molar-refractivity contribution is -0.135. The summed E-state index contributed by atoms with van der Waals surface area (Å²) in [5.41, 5.74) is 5.92. The van der Waals surface area contributed by atoms with Gasteiger partial charge in [-0.2, -0.15) is 0 Å². The van der Waals surface area contributed by atoms with Crippen molar-refractivity contribution < 1.29 is 13.2 Å². The summed E-state index contributed by atoms with van der Waals surface area (Å²) in [5, 5.41) is 0. The lowest BCUT2D eigenvalue weighted by Gasteiger charge is -2.36. The van der Waals surface area contributed by atoms with E-state index in [2.05, 4.69) is 4.72 Å². The van der Waals surface area contributed by atoms with Crippen molar-refractivity contribution in [3.63, 3.8) is 0 Å². The molecule has 1 amide bonds. The SMILES string of the molecule is CCCC(N)CC(=O)N1CCCCC1CNS(C)(=O)=O. The molecule has 1 rings (SSSR count). The highest BCUT2D eigenvalue weighted by Gasteiger charge is 2.27. The van der Waals surface area contributed by atoms with Crippen LogP contribution in [0.5, 0.6) is 0 Å². The normalized spacial score (nSPS) is 21.8. The second-order valence-corrected chi connectivity index (χ2v) is 7.44. The standard InChI is InChI=1S/C13H27N3O3S/c1-3-6-11(14)9-13(17)16-8-5-4-7-12(16)10-15-20(2,18)19/h11-12,15H,3-10,14H2,1-2H3. The second kappa shape index (κ2) is 7.95. The Balaban J connectivity index is 2.56. The van der Waals surface area contributed by atoms with Gasteiger partial charge in [0.1, 0.15) is 0 Å². The van der Waals surface area contributed by atoms with Gasteiger partial charge >= 0.3 is 0 Å². The maximum atomic E-state index is 12.3. The molecule has 0 radical (unpaired) electrons. The highest BCUT2D eigenvalue weighted by atomic mass is 32.2. The number of nitrogens with one attached hydrogen (secondary N) is 1. The summed E-state index contributed by atoms with van der Waals surface area (Å²) in [7, 11) is -3.22. The molecule has 20 heavy (non-hydrogen) atoms. The Kier molecular flexibility index (Phi) is 6.91. The van der Waals surface area contributed by atoms with Crippen molar-refractivity contribution in [2.24, 2.45) is 5.73 Å². The van der Waals surface area contributed by atoms with Crippen LogP contribution in [0.4, 0.5) is 0 Å². The minimum Gasteiger partial charge on any atom is -0.338 e. The van der Waals surface area contributed by atoms with E-state index in [0.717, 1.165) is 38.4 Å². The molecule has 1 fully saturated rings. The molecular weight excluding hydrogens is 278 g/mol. The number of hydrogen-bond acceptors (Lipinski definition) is 4. The first-order chi connectivity index (χ1) is 9.33. The maximum Gasteiger partial charge on any atom is 0.224 e. The van der Waals surface area contributed by atoms with Gasteiger partial charge in [-0.1, -0.05) is 13.3 Å².